The van der Waals surface area contributed by atoms with Crippen LogP contribution in [0, 0.1) is 11.3 Å². The van der Waals surface area contributed by atoms with Crippen LogP contribution in [-0.4, -0.2) is 50.8 Å². The van der Waals surface area contributed by atoms with Crippen LogP contribution in [0.1, 0.15) is 20.8 Å². The van der Waals surface area contributed by atoms with Gasteiger partial charge in [-0.2, -0.15) is 0 Å². The Morgan fingerprint density at radius 2 is 1.87 bits per heavy atom. The van der Waals surface area contributed by atoms with Crippen LogP contribution in [0.2, 0.25) is 0 Å². The van der Waals surface area contributed by atoms with E-state index in [0.29, 0.717) is 25.7 Å². The van der Waals surface area contributed by atoms with Gasteiger partial charge in [0.05, 0.1) is 6.61 Å². The van der Waals surface area contributed by atoms with Crippen molar-refractivity contribution in [2.75, 3.05) is 32.9 Å². The molecule has 0 N–H and O–H groups in total. The number of carbonyl (C=O) groups is 1. The van der Waals surface area contributed by atoms with E-state index in [0.717, 1.165) is 24.3 Å². The summed E-state index contributed by atoms with van der Waals surface area (Å²) in [6, 6.07) is 7.87. The molecule has 1 amide bonds. The molecule has 23 heavy (non-hydrogen) atoms. The molecule has 1 aromatic rings. The van der Waals surface area contributed by atoms with E-state index in [1.54, 1.807) is 6.92 Å². The molecule has 0 unspecified atom stereocenters. The molecule has 2 aliphatic rings. The Balaban J connectivity index is 1.45. The summed E-state index contributed by atoms with van der Waals surface area (Å²) in [5.41, 5.74) is 1.09. The van der Waals surface area contributed by atoms with Gasteiger partial charge >= 0.3 is 7.12 Å². The van der Waals surface area contributed by atoms with Crippen molar-refractivity contribution in [2.24, 2.45) is 11.3 Å². The summed E-state index contributed by atoms with van der Waals surface area (Å²) in [5, 5.41) is 0. The van der Waals surface area contributed by atoms with Crippen LogP contribution in [0.25, 0.3) is 0 Å². The largest absolute Gasteiger partial charge is 0.493 e. The van der Waals surface area contributed by atoms with Crippen LogP contribution in [0.5, 0.6) is 5.75 Å². The molecule has 5 nitrogen and oxygen atoms in total. The van der Waals surface area contributed by atoms with E-state index in [2.05, 4.69) is 13.8 Å². The number of rotatable bonds is 4. The van der Waals surface area contributed by atoms with Crippen molar-refractivity contribution in [2.45, 2.75) is 20.8 Å². The smallest absolute Gasteiger partial charge is 0.493 e. The van der Waals surface area contributed by atoms with Crippen LogP contribution in [0.4, 0.5) is 0 Å². The zero-order valence-corrected chi connectivity index (χ0v) is 14.1. The number of hydrogen-bond donors (Lipinski definition) is 0. The lowest BCUT2D eigenvalue weighted by molar-refractivity contribution is -0.135. The van der Waals surface area contributed by atoms with Crippen LogP contribution in [0.15, 0.2) is 24.3 Å². The summed E-state index contributed by atoms with van der Waals surface area (Å²) in [6.07, 6.45) is 0. The number of benzene rings is 1. The van der Waals surface area contributed by atoms with Gasteiger partial charge < -0.3 is 18.9 Å². The van der Waals surface area contributed by atoms with Gasteiger partial charge in [0.1, 0.15) is 5.75 Å². The Bertz CT molecular complexity index is 544. The fraction of sp³-hybridized carbons (Fsp3) is 0.588. The molecular formula is C17H24BNO4. The van der Waals surface area contributed by atoms with Gasteiger partial charge in [0.2, 0.25) is 5.91 Å². The molecule has 2 heterocycles. The van der Waals surface area contributed by atoms with Crippen LogP contribution in [0.3, 0.4) is 0 Å². The van der Waals surface area contributed by atoms with E-state index in [9.17, 15) is 4.79 Å². The highest BCUT2D eigenvalue weighted by Crippen LogP contribution is 2.22. The molecule has 0 spiro atoms. The summed E-state index contributed by atoms with van der Waals surface area (Å²) in [7, 11) is -0.284. The second-order valence-corrected chi connectivity index (χ2v) is 7.29. The summed E-state index contributed by atoms with van der Waals surface area (Å²) in [6.45, 7) is 9.51. The Morgan fingerprint density at radius 1 is 1.26 bits per heavy atom. The number of nitrogens with zero attached hydrogens (tertiary/aromatic N) is 1. The molecule has 0 aromatic heterocycles. The third-order valence-corrected chi connectivity index (χ3v) is 4.29. The van der Waals surface area contributed by atoms with Crippen molar-refractivity contribution in [1.29, 1.82) is 0 Å². The van der Waals surface area contributed by atoms with Gasteiger partial charge in [-0.3, -0.25) is 4.79 Å². The lowest BCUT2D eigenvalue weighted by atomic mass is 9.76. The molecule has 0 saturated carbocycles. The molecule has 2 saturated heterocycles. The van der Waals surface area contributed by atoms with E-state index in [1.807, 2.05) is 29.2 Å². The number of hydrogen-bond acceptors (Lipinski definition) is 4. The van der Waals surface area contributed by atoms with Gasteiger partial charge in [-0.15, -0.1) is 0 Å². The first-order valence-corrected chi connectivity index (χ1v) is 8.14. The first-order valence-electron chi connectivity index (χ1n) is 8.14. The summed E-state index contributed by atoms with van der Waals surface area (Å²) in [5.74, 6) is 1.42. The van der Waals surface area contributed by atoms with Crippen molar-refractivity contribution < 1.29 is 18.8 Å². The van der Waals surface area contributed by atoms with Crippen LogP contribution < -0.4 is 10.2 Å². The molecule has 0 bridgehead atoms. The molecule has 6 heteroatoms. The minimum absolute atomic E-state index is 0.0794. The van der Waals surface area contributed by atoms with E-state index in [-0.39, 0.29) is 18.4 Å². The fourth-order valence-corrected chi connectivity index (χ4v) is 2.75. The fourth-order valence-electron chi connectivity index (χ4n) is 2.75. The van der Waals surface area contributed by atoms with Gasteiger partial charge in [-0.25, -0.2) is 0 Å². The minimum Gasteiger partial charge on any atom is -0.493 e. The Labute approximate surface area is 138 Å². The van der Waals surface area contributed by atoms with Gasteiger partial charge in [0.15, 0.2) is 0 Å². The van der Waals surface area contributed by atoms with Crippen LogP contribution in [-0.2, 0) is 14.1 Å². The standard InChI is InChI=1S/C17H24BNO4/c1-13(20)19-8-14(9-19)10-21-16-6-4-15(5-7-16)18-22-11-17(2,3)12-23-18/h4-7,14H,8-12H2,1-3H3. The van der Waals surface area contributed by atoms with Gasteiger partial charge in [-0.1, -0.05) is 26.0 Å². The zero-order chi connectivity index (χ0) is 16.4. The second kappa shape index (κ2) is 6.53. The summed E-state index contributed by atoms with van der Waals surface area (Å²) in [4.78, 5) is 13.0. The predicted molar refractivity (Wildman–Crippen MR) is 88.8 cm³/mol. The maximum atomic E-state index is 11.1. The molecule has 0 aliphatic carbocycles. The summed E-state index contributed by atoms with van der Waals surface area (Å²) >= 11 is 0. The predicted octanol–water partition coefficient (Wildman–Crippen LogP) is 1.31. The number of amides is 1. The van der Waals surface area contributed by atoms with Crippen molar-refractivity contribution in [1.82, 2.24) is 4.90 Å². The monoisotopic (exact) mass is 317 g/mol. The average molecular weight is 317 g/mol. The van der Waals surface area contributed by atoms with Crippen molar-refractivity contribution in [3.8, 4) is 5.75 Å². The molecule has 2 fully saturated rings. The van der Waals surface area contributed by atoms with Crippen LogP contribution >= 0.6 is 0 Å². The SMILES string of the molecule is CC(=O)N1CC(COc2ccc(B3OCC(C)(C)CO3)cc2)C1. The average Bonchev–Trinajstić information content (AvgIpc) is 2.46. The molecular weight excluding hydrogens is 293 g/mol. The van der Waals surface area contributed by atoms with Crippen molar-refractivity contribution in [3.63, 3.8) is 0 Å². The molecule has 2 aliphatic heterocycles. The molecule has 0 radical (unpaired) electrons. The first-order chi connectivity index (χ1) is 10.9. The van der Waals surface area contributed by atoms with E-state index in [1.165, 1.54) is 0 Å². The molecule has 124 valence electrons. The highest BCUT2D eigenvalue weighted by molar-refractivity contribution is 6.61. The third kappa shape index (κ3) is 4.06. The Morgan fingerprint density at radius 3 is 2.43 bits per heavy atom. The normalized spacial score (nSPS) is 21.0. The first kappa shape index (κ1) is 16.3. The maximum Gasteiger partial charge on any atom is 0.493 e. The number of carbonyl (C=O) groups excluding carboxylic acids is 1. The Hall–Kier alpha value is -1.53. The lowest BCUT2D eigenvalue weighted by Gasteiger charge is -2.38. The quantitative estimate of drug-likeness (QED) is 0.786. The van der Waals surface area contributed by atoms with Gasteiger partial charge in [-0.05, 0) is 17.6 Å². The third-order valence-electron chi connectivity index (χ3n) is 4.29. The highest BCUT2D eigenvalue weighted by atomic mass is 16.6. The second-order valence-electron chi connectivity index (χ2n) is 7.29. The van der Waals surface area contributed by atoms with Gasteiger partial charge in [0.25, 0.3) is 0 Å². The zero-order valence-electron chi connectivity index (χ0n) is 14.1. The van der Waals surface area contributed by atoms with E-state index >= 15 is 0 Å². The molecule has 1 aromatic carbocycles. The van der Waals surface area contributed by atoms with Gasteiger partial charge in [0, 0.05) is 44.6 Å². The van der Waals surface area contributed by atoms with E-state index in [4.69, 9.17) is 14.0 Å². The molecule has 3 rings (SSSR count). The van der Waals surface area contributed by atoms with Crippen molar-refractivity contribution >= 4 is 18.5 Å². The summed E-state index contributed by atoms with van der Waals surface area (Å²) < 4.78 is 17.3. The van der Waals surface area contributed by atoms with Crippen molar-refractivity contribution in [3.05, 3.63) is 24.3 Å². The number of ether oxygens (including phenoxy) is 1. The maximum absolute atomic E-state index is 11.1. The molecule has 0 atom stereocenters. The van der Waals surface area contributed by atoms with E-state index < -0.39 is 0 Å². The number of likely N-dealkylation sites (tertiary alicyclic amines) is 1. The topological polar surface area (TPSA) is 48.0 Å². The highest BCUT2D eigenvalue weighted by Gasteiger charge is 2.33. The Kier molecular flexibility index (Phi) is 4.64. The minimum atomic E-state index is -0.284. The lowest BCUT2D eigenvalue weighted by Crippen LogP contribution is -2.51.